The molecule has 0 radical (unpaired) electrons. The van der Waals surface area contributed by atoms with E-state index in [9.17, 15) is 0 Å². The smallest absolute Gasteiger partial charge is 0.119 e. The van der Waals surface area contributed by atoms with Gasteiger partial charge in [-0.1, -0.05) is 6.08 Å². The van der Waals surface area contributed by atoms with Gasteiger partial charge in [-0.05, 0) is 67.5 Å². The zero-order valence-electron chi connectivity index (χ0n) is 13.2. The summed E-state index contributed by atoms with van der Waals surface area (Å²) in [4.78, 5) is 4.46. The SMILES string of the molecule is C=C[C@H]1CNCC[C@H]1CCc1ccnc2ccc(OC)cc12. The third kappa shape index (κ3) is 3.14. The van der Waals surface area contributed by atoms with Gasteiger partial charge in [0.1, 0.15) is 5.75 Å². The van der Waals surface area contributed by atoms with E-state index in [2.05, 4.69) is 35.1 Å². The summed E-state index contributed by atoms with van der Waals surface area (Å²) in [5.41, 5.74) is 2.41. The zero-order chi connectivity index (χ0) is 15.4. The summed E-state index contributed by atoms with van der Waals surface area (Å²) in [7, 11) is 1.71. The van der Waals surface area contributed by atoms with Gasteiger partial charge in [-0.3, -0.25) is 4.98 Å². The van der Waals surface area contributed by atoms with Gasteiger partial charge in [-0.25, -0.2) is 0 Å². The summed E-state index contributed by atoms with van der Waals surface area (Å²) in [5, 5.41) is 4.67. The Morgan fingerprint density at radius 2 is 2.32 bits per heavy atom. The maximum absolute atomic E-state index is 5.36. The standard InChI is InChI=1S/C19H24N2O/c1-3-14-13-20-10-8-15(14)4-5-16-9-11-21-19-7-6-17(22-2)12-18(16)19/h3,6-7,9,11-12,14-15,20H,1,4-5,8,10,13H2,2H3/t14-,15+/m0/s1. The van der Waals surface area contributed by atoms with Crippen LogP contribution in [0.1, 0.15) is 18.4 Å². The first-order chi connectivity index (χ1) is 10.8. The van der Waals surface area contributed by atoms with E-state index in [1.54, 1.807) is 7.11 Å². The number of hydrogen-bond acceptors (Lipinski definition) is 3. The van der Waals surface area contributed by atoms with Gasteiger partial charge in [0.05, 0.1) is 12.6 Å². The Morgan fingerprint density at radius 3 is 3.14 bits per heavy atom. The topological polar surface area (TPSA) is 34.2 Å². The molecule has 3 rings (SSSR count). The number of aromatic nitrogens is 1. The third-order valence-corrected chi connectivity index (χ3v) is 4.80. The van der Waals surface area contributed by atoms with Crippen LogP contribution in [0.2, 0.25) is 0 Å². The fourth-order valence-corrected chi connectivity index (χ4v) is 3.44. The summed E-state index contributed by atoms with van der Waals surface area (Å²) >= 11 is 0. The highest BCUT2D eigenvalue weighted by Gasteiger charge is 2.22. The molecule has 0 amide bonds. The Morgan fingerprint density at radius 1 is 1.41 bits per heavy atom. The molecule has 1 aromatic heterocycles. The van der Waals surface area contributed by atoms with Crippen molar-refractivity contribution >= 4 is 10.9 Å². The minimum absolute atomic E-state index is 0.594. The van der Waals surface area contributed by atoms with Crippen LogP contribution < -0.4 is 10.1 Å². The fourth-order valence-electron chi connectivity index (χ4n) is 3.44. The molecule has 1 aromatic carbocycles. The van der Waals surface area contributed by atoms with Crippen LogP contribution in [0.25, 0.3) is 10.9 Å². The highest BCUT2D eigenvalue weighted by molar-refractivity contribution is 5.83. The molecule has 1 saturated heterocycles. The highest BCUT2D eigenvalue weighted by atomic mass is 16.5. The van der Waals surface area contributed by atoms with Crippen LogP contribution in [0, 0.1) is 11.8 Å². The van der Waals surface area contributed by atoms with Crippen LogP contribution >= 0.6 is 0 Å². The number of ether oxygens (including phenoxy) is 1. The molecule has 3 heteroatoms. The first-order valence-corrected chi connectivity index (χ1v) is 8.06. The molecule has 0 spiro atoms. The highest BCUT2D eigenvalue weighted by Crippen LogP contribution is 2.28. The predicted molar refractivity (Wildman–Crippen MR) is 91.3 cm³/mol. The average Bonchev–Trinajstić information content (AvgIpc) is 2.59. The molecule has 0 bridgehead atoms. The largest absolute Gasteiger partial charge is 0.497 e. The number of hydrogen-bond donors (Lipinski definition) is 1. The van der Waals surface area contributed by atoms with Gasteiger partial charge in [0.25, 0.3) is 0 Å². The molecule has 0 unspecified atom stereocenters. The Hall–Kier alpha value is -1.87. The first-order valence-electron chi connectivity index (χ1n) is 8.06. The average molecular weight is 296 g/mol. The molecule has 1 aliphatic heterocycles. The summed E-state index contributed by atoms with van der Waals surface area (Å²) < 4.78 is 5.36. The minimum Gasteiger partial charge on any atom is -0.497 e. The lowest BCUT2D eigenvalue weighted by Crippen LogP contribution is -2.35. The lowest BCUT2D eigenvalue weighted by molar-refractivity contribution is 0.285. The van der Waals surface area contributed by atoms with E-state index in [1.165, 1.54) is 23.8 Å². The Balaban J connectivity index is 1.79. The second-order valence-electron chi connectivity index (χ2n) is 6.04. The monoisotopic (exact) mass is 296 g/mol. The number of aryl methyl sites for hydroxylation is 1. The van der Waals surface area contributed by atoms with Crippen LogP contribution in [-0.4, -0.2) is 25.2 Å². The van der Waals surface area contributed by atoms with Crippen molar-refractivity contribution in [3.05, 3.63) is 48.7 Å². The van der Waals surface area contributed by atoms with Crippen LogP contribution in [0.5, 0.6) is 5.75 Å². The van der Waals surface area contributed by atoms with Crippen molar-refractivity contribution in [2.75, 3.05) is 20.2 Å². The lowest BCUT2D eigenvalue weighted by Gasteiger charge is -2.30. The van der Waals surface area contributed by atoms with Gasteiger partial charge < -0.3 is 10.1 Å². The summed E-state index contributed by atoms with van der Waals surface area (Å²) in [6, 6.07) is 8.26. The van der Waals surface area contributed by atoms with Crippen molar-refractivity contribution in [1.29, 1.82) is 0 Å². The van der Waals surface area contributed by atoms with E-state index in [0.29, 0.717) is 5.92 Å². The summed E-state index contributed by atoms with van der Waals surface area (Å²) in [6.45, 7) is 6.19. The van der Waals surface area contributed by atoms with E-state index in [-0.39, 0.29) is 0 Å². The molecule has 1 fully saturated rings. The summed E-state index contributed by atoms with van der Waals surface area (Å²) in [6.07, 6.45) is 7.56. The number of piperidine rings is 1. The Kier molecular flexibility index (Phi) is 4.74. The van der Waals surface area contributed by atoms with Gasteiger partial charge >= 0.3 is 0 Å². The number of rotatable bonds is 5. The molecule has 2 aromatic rings. The van der Waals surface area contributed by atoms with Crippen molar-refractivity contribution in [2.24, 2.45) is 11.8 Å². The van der Waals surface area contributed by atoms with E-state index < -0.39 is 0 Å². The molecule has 3 nitrogen and oxygen atoms in total. The molecular weight excluding hydrogens is 272 g/mol. The number of nitrogens with zero attached hydrogens (tertiary/aromatic N) is 1. The maximum Gasteiger partial charge on any atom is 0.119 e. The molecule has 2 heterocycles. The van der Waals surface area contributed by atoms with Crippen molar-refractivity contribution in [1.82, 2.24) is 10.3 Å². The normalized spacial score (nSPS) is 21.7. The fraction of sp³-hybridized carbons (Fsp3) is 0.421. The van der Waals surface area contributed by atoms with Gasteiger partial charge in [0.2, 0.25) is 0 Å². The number of fused-ring (bicyclic) bond motifs is 1. The molecule has 2 atom stereocenters. The van der Waals surface area contributed by atoms with E-state index in [4.69, 9.17) is 4.74 Å². The minimum atomic E-state index is 0.594. The predicted octanol–water partition coefficient (Wildman–Crippen LogP) is 3.59. The molecule has 1 N–H and O–H groups in total. The van der Waals surface area contributed by atoms with Crippen molar-refractivity contribution in [3.8, 4) is 5.75 Å². The number of pyridine rings is 1. The molecule has 116 valence electrons. The van der Waals surface area contributed by atoms with Crippen molar-refractivity contribution in [2.45, 2.75) is 19.3 Å². The second kappa shape index (κ2) is 6.93. The van der Waals surface area contributed by atoms with Gasteiger partial charge in [-0.15, -0.1) is 6.58 Å². The Labute approximate surface area is 132 Å². The van der Waals surface area contributed by atoms with Crippen LogP contribution in [0.4, 0.5) is 0 Å². The lowest BCUT2D eigenvalue weighted by atomic mass is 9.82. The Bertz CT molecular complexity index is 653. The van der Waals surface area contributed by atoms with Crippen molar-refractivity contribution < 1.29 is 4.74 Å². The van der Waals surface area contributed by atoms with E-state index in [0.717, 1.165) is 36.7 Å². The number of nitrogens with one attached hydrogen (secondary N) is 1. The third-order valence-electron chi connectivity index (χ3n) is 4.80. The molecule has 0 aliphatic carbocycles. The molecule has 0 saturated carbocycles. The van der Waals surface area contributed by atoms with Crippen LogP contribution in [0.15, 0.2) is 43.1 Å². The molecule has 1 aliphatic rings. The van der Waals surface area contributed by atoms with Gasteiger partial charge in [0.15, 0.2) is 0 Å². The zero-order valence-corrected chi connectivity index (χ0v) is 13.2. The summed E-state index contributed by atoms with van der Waals surface area (Å²) in [5.74, 6) is 2.22. The maximum atomic E-state index is 5.36. The van der Waals surface area contributed by atoms with E-state index >= 15 is 0 Å². The van der Waals surface area contributed by atoms with Crippen LogP contribution in [-0.2, 0) is 6.42 Å². The quantitative estimate of drug-likeness (QED) is 0.856. The van der Waals surface area contributed by atoms with Gasteiger partial charge in [0, 0.05) is 18.1 Å². The van der Waals surface area contributed by atoms with Crippen molar-refractivity contribution in [3.63, 3.8) is 0 Å². The molecular formula is C19H24N2O. The molecule has 22 heavy (non-hydrogen) atoms. The van der Waals surface area contributed by atoms with Crippen LogP contribution in [0.3, 0.4) is 0 Å². The number of methoxy groups -OCH3 is 1. The van der Waals surface area contributed by atoms with E-state index in [1.807, 2.05) is 18.3 Å². The first kappa shape index (κ1) is 15.0. The second-order valence-corrected chi connectivity index (χ2v) is 6.04. The van der Waals surface area contributed by atoms with Gasteiger partial charge in [-0.2, -0.15) is 0 Å². The number of benzene rings is 1.